The van der Waals surface area contributed by atoms with Crippen molar-refractivity contribution in [3.63, 3.8) is 0 Å². The fraction of sp³-hybridized carbons (Fsp3) is 0.0714. The van der Waals surface area contributed by atoms with E-state index in [-0.39, 0.29) is 26.2 Å². The zero-order valence-corrected chi connectivity index (χ0v) is 14.1. The Balaban J connectivity index is 2.35. The first kappa shape index (κ1) is 17.7. The number of anilines is 1. The van der Waals surface area contributed by atoms with Gasteiger partial charge in [0, 0.05) is 5.69 Å². The number of benzene rings is 2. The zero-order chi connectivity index (χ0) is 17.2. The van der Waals surface area contributed by atoms with Gasteiger partial charge in [0.25, 0.3) is 5.91 Å². The number of hydrogen-bond donors (Lipinski definition) is 2. The second-order valence-electron chi connectivity index (χ2n) is 4.43. The van der Waals surface area contributed by atoms with Crippen LogP contribution in [-0.2, 0) is 10.0 Å². The largest absolute Gasteiger partial charge is 0.322 e. The van der Waals surface area contributed by atoms with Crippen LogP contribution in [0.2, 0.25) is 10.0 Å². The van der Waals surface area contributed by atoms with Crippen LogP contribution >= 0.6 is 23.2 Å². The number of halogens is 3. The van der Waals surface area contributed by atoms with Crippen molar-refractivity contribution >= 4 is 44.8 Å². The smallest absolute Gasteiger partial charge is 0.257 e. The van der Waals surface area contributed by atoms with Gasteiger partial charge in [0.15, 0.2) is 0 Å². The first-order valence-corrected chi connectivity index (χ1v) is 8.48. The molecule has 2 rings (SSSR count). The van der Waals surface area contributed by atoms with E-state index in [9.17, 15) is 17.6 Å². The predicted octanol–water partition coefficient (Wildman–Crippen LogP) is 3.29. The van der Waals surface area contributed by atoms with Gasteiger partial charge in [-0.25, -0.2) is 17.5 Å². The van der Waals surface area contributed by atoms with E-state index in [0.717, 1.165) is 12.1 Å². The van der Waals surface area contributed by atoms with Gasteiger partial charge in [-0.3, -0.25) is 4.79 Å². The second kappa shape index (κ2) is 6.84. The molecule has 23 heavy (non-hydrogen) atoms. The monoisotopic (exact) mass is 376 g/mol. The molecule has 122 valence electrons. The van der Waals surface area contributed by atoms with Gasteiger partial charge in [0.2, 0.25) is 10.0 Å². The molecule has 0 atom stereocenters. The summed E-state index contributed by atoms with van der Waals surface area (Å²) >= 11 is 11.5. The third kappa shape index (κ3) is 4.00. The molecule has 5 nitrogen and oxygen atoms in total. The van der Waals surface area contributed by atoms with E-state index in [1.165, 1.54) is 31.3 Å². The number of sulfonamides is 1. The number of hydrogen-bond acceptors (Lipinski definition) is 3. The predicted molar refractivity (Wildman–Crippen MR) is 87.1 cm³/mol. The molecular weight excluding hydrogens is 366 g/mol. The summed E-state index contributed by atoms with van der Waals surface area (Å²) in [4.78, 5) is 12.1. The van der Waals surface area contributed by atoms with Gasteiger partial charge in [0.05, 0.1) is 20.5 Å². The third-order valence-electron chi connectivity index (χ3n) is 2.94. The summed E-state index contributed by atoms with van der Waals surface area (Å²) in [5.41, 5.74) is 0.105. The maximum absolute atomic E-state index is 13.4. The summed E-state index contributed by atoms with van der Waals surface area (Å²) in [5, 5.41) is 2.41. The van der Waals surface area contributed by atoms with Gasteiger partial charge < -0.3 is 5.32 Å². The molecule has 0 saturated carbocycles. The topological polar surface area (TPSA) is 75.3 Å². The van der Waals surface area contributed by atoms with Gasteiger partial charge >= 0.3 is 0 Å². The molecule has 2 aromatic carbocycles. The minimum Gasteiger partial charge on any atom is -0.322 e. The fourth-order valence-electron chi connectivity index (χ4n) is 1.74. The zero-order valence-electron chi connectivity index (χ0n) is 11.7. The molecule has 0 fully saturated rings. The van der Waals surface area contributed by atoms with Crippen molar-refractivity contribution < 1.29 is 17.6 Å². The Morgan fingerprint density at radius 3 is 2.35 bits per heavy atom. The maximum Gasteiger partial charge on any atom is 0.257 e. The van der Waals surface area contributed by atoms with Crippen molar-refractivity contribution in [2.75, 3.05) is 12.4 Å². The number of carbonyl (C=O) groups excluding carboxylic acids is 1. The van der Waals surface area contributed by atoms with Crippen LogP contribution in [0.3, 0.4) is 0 Å². The van der Waals surface area contributed by atoms with Gasteiger partial charge in [-0.15, -0.1) is 0 Å². The van der Waals surface area contributed by atoms with Crippen molar-refractivity contribution in [2.24, 2.45) is 0 Å². The lowest BCUT2D eigenvalue weighted by molar-refractivity contribution is 0.102. The number of rotatable bonds is 4. The Labute approximate surface area is 142 Å². The molecule has 0 aliphatic carbocycles. The standard InChI is InChI=1S/C14H11Cl2FN2O3S/c1-18-23(21,22)9-3-5-11(15)10(7-9)14(20)19-8-2-4-12(16)13(17)6-8/h2-7,18H,1H3,(H,19,20). The molecule has 0 bridgehead atoms. The van der Waals surface area contributed by atoms with Crippen molar-refractivity contribution in [3.05, 3.63) is 57.8 Å². The van der Waals surface area contributed by atoms with E-state index < -0.39 is 21.7 Å². The molecule has 9 heteroatoms. The fourth-order valence-corrected chi connectivity index (χ4v) is 2.81. The molecule has 2 N–H and O–H groups in total. The van der Waals surface area contributed by atoms with Gasteiger partial charge in [-0.05, 0) is 43.4 Å². The van der Waals surface area contributed by atoms with E-state index >= 15 is 0 Å². The Morgan fingerprint density at radius 1 is 1.09 bits per heavy atom. The van der Waals surface area contributed by atoms with E-state index in [1.807, 2.05) is 0 Å². The first-order chi connectivity index (χ1) is 10.7. The number of amides is 1. The van der Waals surface area contributed by atoms with E-state index in [1.54, 1.807) is 0 Å². The molecule has 0 aliphatic heterocycles. The quantitative estimate of drug-likeness (QED) is 0.859. The lowest BCUT2D eigenvalue weighted by Gasteiger charge is -2.09. The van der Waals surface area contributed by atoms with Crippen LogP contribution in [0, 0.1) is 5.82 Å². The van der Waals surface area contributed by atoms with Crippen molar-refractivity contribution in [1.29, 1.82) is 0 Å². The summed E-state index contributed by atoms with van der Waals surface area (Å²) in [7, 11) is -2.47. The Hall–Kier alpha value is -1.67. The highest BCUT2D eigenvalue weighted by Gasteiger charge is 2.17. The average molecular weight is 377 g/mol. The Kier molecular flexibility index (Phi) is 5.26. The van der Waals surface area contributed by atoms with E-state index in [4.69, 9.17) is 23.2 Å². The Morgan fingerprint density at radius 2 is 1.74 bits per heavy atom. The van der Waals surface area contributed by atoms with Crippen molar-refractivity contribution in [1.82, 2.24) is 4.72 Å². The van der Waals surface area contributed by atoms with Crippen LogP contribution in [0.4, 0.5) is 10.1 Å². The molecule has 2 aromatic rings. The van der Waals surface area contributed by atoms with E-state index in [0.29, 0.717) is 0 Å². The molecule has 1 amide bonds. The van der Waals surface area contributed by atoms with Gasteiger partial charge in [-0.1, -0.05) is 23.2 Å². The minimum absolute atomic E-state index is 0.0571. The van der Waals surface area contributed by atoms with Crippen LogP contribution in [-0.4, -0.2) is 21.4 Å². The van der Waals surface area contributed by atoms with Gasteiger partial charge in [0.1, 0.15) is 5.82 Å². The first-order valence-electron chi connectivity index (χ1n) is 6.24. The molecular formula is C14H11Cl2FN2O3S. The summed E-state index contributed by atoms with van der Waals surface area (Å²) in [6, 6.07) is 7.44. The Bertz CT molecular complexity index is 872. The van der Waals surface area contributed by atoms with Crippen LogP contribution in [0.1, 0.15) is 10.4 Å². The molecule has 0 aliphatic rings. The van der Waals surface area contributed by atoms with Crippen LogP contribution in [0.5, 0.6) is 0 Å². The summed E-state index contributed by atoms with van der Waals surface area (Å²) in [6.07, 6.45) is 0. The highest BCUT2D eigenvalue weighted by Crippen LogP contribution is 2.23. The number of nitrogens with one attached hydrogen (secondary N) is 2. The molecule has 0 aromatic heterocycles. The summed E-state index contributed by atoms with van der Waals surface area (Å²) in [5.74, 6) is -1.37. The molecule has 0 radical (unpaired) electrons. The highest BCUT2D eigenvalue weighted by molar-refractivity contribution is 7.89. The lowest BCUT2D eigenvalue weighted by Crippen LogP contribution is -2.20. The lowest BCUT2D eigenvalue weighted by atomic mass is 10.2. The average Bonchev–Trinajstić information content (AvgIpc) is 2.51. The number of carbonyl (C=O) groups is 1. The normalized spacial score (nSPS) is 11.3. The summed E-state index contributed by atoms with van der Waals surface area (Å²) < 4.78 is 39.1. The molecule has 0 spiro atoms. The highest BCUT2D eigenvalue weighted by atomic mass is 35.5. The van der Waals surface area contributed by atoms with Crippen LogP contribution in [0.15, 0.2) is 41.3 Å². The van der Waals surface area contributed by atoms with Crippen LogP contribution in [0.25, 0.3) is 0 Å². The molecule has 0 saturated heterocycles. The van der Waals surface area contributed by atoms with Crippen molar-refractivity contribution in [3.8, 4) is 0 Å². The minimum atomic E-state index is -3.72. The molecule has 0 heterocycles. The van der Waals surface area contributed by atoms with E-state index in [2.05, 4.69) is 10.0 Å². The summed E-state index contributed by atoms with van der Waals surface area (Å²) in [6.45, 7) is 0. The third-order valence-corrected chi connectivity index (χ3v) is 4.99. The van der Waals surface area contributed by atoms with Gasteiger partial charge in [-0.2, -0.15) is 0 Å². The second-order valence-corrected chi connectivity index (χ2v) is 7.13. The van der Waals surface area contributed by atoms with Crippen LogP contribution < -0.4 is 10.0 Å². The van der Waals surface area contributed by atoms with Crippen molar-refractivity contribution in [2.45, 2.75) is 4.90 Å². The molecule has 0 unspecified atom stereocenters. The maximum atomic E-state index is 13.4. The SMILES string of the molecule is CNS(=O)(=O)c1ccc(Cl)c(C(=O)Nc2ccc(Cl)c(F)c2)c1.